The van der Waals surface area contributed by atoms with Gasteiger partial charge in [0.15, 0.2) is 0 Å². The van der Waals surface area contributed by atoms with Crippen molar-refractivity contribution in [2.45, 2.75) is 19.8 Å². The van der Waals surface area contributed by atoms with Crippen LogP contribution in [0.1, 0.15) is 19.0 Å². The van der Waals surface area contributed by atoms with Crippen LogP contribution in [-0.2, 0) is 30.5 Å². The Labute approximate surface area is 177 Å². The van der Waals surface area contributed by atoms with Crippen LogP contribution in [0.3, 0.4) is 0 Å². The molecule has 166 valence electrons. The lowest BCUT2D eigenvalue weighted by Gasteiger charge is -2.20. The molecule has 0 unspecified atom stereocenters. The zero-order chi connectivity index (χ0) is 22.3. The van der Waals surface area contributed by atoms with Crippen molar-refractivity contribution in [1.82, 2.24) is 14.0 Å². The highest BCUT2D eigenvalue weighted by molar-refractivity contribution is 7.92. The first kappa shape index (κ1) is 23.7. The molecule has 0 fully saturated rings. The minimum atomic E-state index is -3.30. The fourth-order valence-electron chi connectivity index (χ4n) is 3.06. The predicted molar refractivity (Wildman–Crippen MR) is 118 cm³/mol. The van der Waals surface area contributed by atoms with E-state index >= 15 is 0 Å². The Balaban J connectivity index is 1.80. The quantitative estimate of drug-likeness (QED) is 0.556. The summed E-state index contributed by atoms with van der Waals surface area (Å²) in [6.45, 7) is 4.97. The summed E-state index contributed by atoms with van der Waals surface area (Å²) >= 11 is 0. The van der Waals surface area contributed by atoms with Crippen molar-refractivity contribution >= 4 is 15.7 Å². The van der Waals surface area contributed by atoms with Gasteiger partial charge in [0, 0.05) is 38.1 Å². The minimum absolute atomic E-state index is 0.286. The standard InChI is InChI=1S/C20H30N4O5S/c1-5-24(12-6-7-17-15-19(25)23(3)20(26)22(17)2)13-14-29-18-10-8-16(9-11-18)21-30(4,27)28/h8-11,15,21H,5-7,12-14H2,1-4H3. The molecule has 0 atom stereocenters. The van der Waals surface area contributed by atoms with Gasteiger partial charge in [-0.1, -0.05) is 6.92 Å². The highest BCUT2D eigenvalue weighted by Crippen LogP contribution is 2.16. The Bertz CT molecular complexity index is 1060. The van der Waals surface area contributed by atoms with E-state index in [0.717, 1.165) is 42.6 Å². The Morgan fingerprint density at radius 2 is 1.73 bits per heavy atom. The van der Waals surface area contributed by atoms with E-state index in [1.165, 1.54) is 17.7 Å². The topological polar surface area (TPSA) is 103 Å². The summed E-state index contributed by atoms with van der Waals surface area (Å²) in [5.41, 5.74) is 0.631. The second-order valence-electron chi connectivity index (χ2n) is 7.16. The fraction of sp³-hybridized carbons (Fsp3) is 0.500. The van der Waals surface area contributed by atoms with Gasteiger partial charge in [-0.15, -0.1) is 0 Å². The number of benzene rings is 1. The van der Waals surface area contributed by atoms with Gasteiger partial charge in [0.2, 0.25) is 10.0 Å². The lowest BCUT2D eigenvalue weighted by molar-refractivity contribution is 0.214. The summed E-state index contributed by atoms with van der Waals surface area (Å²) < 4.78 is 33.2. The van der Waals surface area contributed by atoms with E-state index in [1.54, 1.807) is 31.3 Å². The molecule has 1 heterocycles. The predicted octanol–water partition coefficient (Wildman–Crippen LogP) is 0.789. The number of likely N-dealkylation sites (N-methyl/N-ethyl adjacent to an activating group) is 1. The molecule has 1 aromatic heterocycles. The van der Waals surface area contributed by atoms with Crippen LogP contribution in [0.4, 0.5) is 5.69 Å². The summed E-state index contributed by atoms with van der Waals surface area (Å²) in [5.74, 6) is 0.667. The van der Waals surface area contributed by atoms with E-state index in [2.05, 4.69) is 16.5 Å². The number of aryl methyl sites for hydroxylation is 1. The third-order valence-electron chi connectivity index (χ3n) is 4.81. The number of nitrogens with one attached hydrogen (secondary N) is 1. The van der Waals surface area contributed by atoms with E-state index < -0.39 is 10.0 Å². The van der Waals surface area contributed by atoms with Gasteiger partial charge in [0.05, 0.1) is 6.26 Å². The molecule has 10 heteroatoms. The summed E-state index contributed by atoms with van der Waals surface area (Å²) in [5, 5.41) is 0. The molecule has 0 saturated carbocycles. The maximum atomic E-state index is 12.0. The molecular weight excluding hydrogens is 408 g/mol. The van der Waals surface area contributed by atoms with Gasteiger partial charge in [-0.05, 0) is 50.2 Å². The van der Waals surface area contributed by atoms with E-state index in [-0.39, 0.29) is 11.2 Å². The fourth-order valence-corrected chi connectivity index (χ4v) is 3.62. The summed E-state index contributed by atoms with van der Waals surface area (Å²) in [7, 11) is -0.140. The number of rotatable bonds is 11. The summed E-state index contributed by atoms with van der Waals surface area (Å²) in [4.78, 5) is 26.0. The van der Waals surface area contributed by atoms with Crippen LogP contribution in [0.15, 0.2) is 39.9 Å². The molecule has 9 nitrogen and oxygen atoms in total. The van der Waals surface area contributed by atoms with E-state index in [4.69, 9.17) is 4.74 Å². The molecule has 2 rings (SSSR count). The number of nitrogens with zero attached hydrogens (tertiary/aromatic N) is 3. The molecule has 0 radical (unpaired) electrons. The Kier molecular flexibility index (Phi) is 8.24. The van der Waals surface area contributed by atoms with Gasteiger partial charge >= 0.3 is 5.69 Å². The molecule has 0 bridgehead atoms. The van der Waals surface area contributed by atoms with Crippen LogP contribution >= 0.6 is 0 Å². The van der Waals surface area contributed by atoms with Gasteiger partial charge in [-0.25, -0.2) is 13.2 Å². The van der Waals surface area contributed by atoms with Crippen LogP contribution in [0, 0.1) is 0 Å². The largest absolute Gasteiger partial charge is 0.492 e. The van der Waals surface area contributed by atoms with Crippen molar-refractivity contribution in [3.63, 3.8) is 0 Å². The average Bonchev–Trinajstić information content (AvgIpc) is 2.69. The monoisotopic (exact) mass is 438 g/mol. The third kappa shape index (κ3) is 7.03. The maximum Gasteiger partial charge on any atom is 0.330 e. The minimum Gasteiger partial charge on any atom is -0.492 e. The van der Waals surface area contributed by atoms with Crippen LogP contribution < -0.4 is 20.7 Å². The molecular formula is C20H30N4O5S. The van der Waals surface area contributed by atoms with Crippen molar-refractivity contribution in [1.29, 1.82) is 0 Å². The molecule has 30 heavy (non-hydrogen) atoms. The van der Waals surface area contributed by atoms with Gasteiger partial charge in [-0.2, -0.15) is 0 Å². The first-order chi connectivity index (χ1) is 14.1. The Morgan fingerprint density at radius 3 is 2.33 bits per heavy atom. The van der Waals surface area contributed by atoms with Crippen molar-refractivity contribution < 1.29 is 13.2 Å². The molecule has 2 aromatic rings. The van der Waals surface area contributed by atoms with Crippen LogP contribution in [0.2, 0.25) is 0 Å². The first-order valence-electron chi connectivity index (χ1n) is 9.79. The normalized spacial score (nSPS) is 11.6. The zero-order valence-corrected chi connectivity index (χ0v) is 18.7. The summed E-state index contributed by atoms with van der Waals surface area (Å²) in [6.07, 6.45) is 2.57. The summed E-state index contributed by atoms with van der Waals surface area (Å²) in [6, 6.07) is 8.27. The number of aromatic nitrogens is 2. The maximum absolute atomic E-state index is 12.0. The number of anilines is 1. The number of hydrogen-bond donors (Lipinski definition) is 1. The Morgan fingerprint density at radius 1 is 1.07 bits per heavy atom. The molecule has 1 N–H and O–H groups in total. The third-order valence-corrected chi connectivity index (χ3v) is 5.42. The SMILES string of the molecule is CCN(CCCc1cc(=O)n(C)c(=O)n1C)CCOc1ccc(NS(C)(=O)=O)cc1. The second-order valence-corrected chi connectivity index (χ2v) is 8.91. The van der Waals surface area contributed by atoms with Gasteiger partial charge < -0.3 is 14.2 Å². The van der Waals surface area contributed by atoms with E-state index in [0.29, 0.717) is 24.5 Å². The number of sulfonamides is 1. The average molecular weight is 439 g/mol. The van der Waals surface area contributed by atoms with Gasteiger partial charge in [-0.3, -0.25) is 14.1 Å². The van der Waals surface area contributed by atoms with E-state index in [9.17, 15) is 18.0 Å². The van der Waals surface area contributed by atoms with Crippen LogP contribution in [-0.4, -0.2) is 54.9 Å². The van der Waals surface area contributed by atoms with Crippen LogP contribution in [0.5, 0.6) is 5.75 Å². The van der Waals surface area contributed by atoms with Crippen LogP contribution in [0.25, 0.3) is 0 Å². The molecule has 1 aromatic carbocycles. The van der Waals surface area contributed by atoms with Crippen molar-refractivity contribution in [3.05, 3.63) is 56.9 Å². The zero-order valence-electron chi connectivity index (χ0n) is 17.9. The van der Waals surface area contributed by atoms with E-state index in [1.807, 2.05) is 0 Å². The lowest BCUT2D eigenvalue weighted by Crippen LogP contribution is -2.38. The highest BCUT2D eigenvalue weighted by atomic mass is 32.2. The number of ether oxygens (including phenoxy) is 1. The Hall–Kier alpha value is -2.59. The highest BCUT2D eigenvalue weighted by Gasteiger charge is 2.08. The molecule has 0 aliphatic heterocycles. The smallest absolute Gasteiger partial charge is 0.330 e. The van der Waals surface area contributed by atoms with Crippen molar-refractivity contribution in [3.8, 4) is 5.75 Å². The molecule has 0 amide bonds. The van der Waals surface area contributed by atoms with Gasteiger partial charge in [0.1, 0.15) is 12.4 Å². The first-order valence-corrected chi connectivity index (χ1v) is 11.7. The second kappa shape index (κ2) is 10.4. The lowest BCUT2D eigenvalue weighted by atomic mass is 10.2. The molecule has 0 saturated heterocycles. The number of hydrogen-bond acceptors (Lipinski definition) is 6. The molecule has 0 aliphatic carbocycles. The van der Waals surface area contributed by atoms with Gasteiger partial charge in [0.25, 0.3) is 5.56 Å². The molecule has 0 spiro atoms. The molecule has 0 aliphatic rings. The van der Waals surface area contributed by atoms with Crippen molar-refractivity contribution in [2.24, 2.45) is 14.1 Å². The van der Waals surface area contributed by atoms with Crippen molar-refractivity contribution in [2.75, 3.05) is 37.2 Å².